The van der Waals surface area contributed by atoms with Crippen LogP contribution in [-0.2, 0) is 16.1 Å². The van der Waals surface area contributed by atoms with Crippen LogP contribution in [0.4, 0.5) is 10.2 Å². The fourth-order valence-corrected chi connectivity index (χ4v) is 3.74. The second-order valence-electron chi connectivity index (χ2n) is 6.50. The summed E-state index contributed by atoms with van der Waals surface area (Å²) < 4.78 is 22.3. The Kier molecular flexibility index (Phi) is 6.87. The van der Waals surface area contributed by atoms with Crippen molar-refractivity contribution in [3.05, 3.63) is 53.2 Å². The number of methoxy groups -OCH3 is 1. The number of thioether (sulfide) groups is 1. The Bertz CT molecular complexity index is 1100. The molecule has 30 heavy (non-hydrogen) atoms. The molecule has 0 fully saturated rings. The van der Waals surface area contributed by atoms with Crippen molar-refractivity contribution in [2.24, 2.45) is 0 Å². The van der Waals surface area contributed by atoms with Crippen molar-refractivity contribution in [3.63, 3.8) is 0 Å². The molecule has 0 unspecified atom stereocenters. The molecule has 1 amide bonds. The van der Waals surface area contributed by atoms with Gasteiger partial charge in [0.25, 0.3) is 0 Å². The highest BCUT2D eigenvalue weighted by Gasteiger charge is 2.21. The monoisotopic (exact) mass is 428 g/mol. The van der Waals surface area contributed by atoms with Crippen molar-refractivity contribution in [3.8, 4) is 11.8 Å². The summed E-state index contributed by atoms with van der Waals surface area (Å²) in [6.45, 7) is 4.70. The van der Waals surface area contributed by atoms with Crippen molar-refractivity contribution in [1.29, 1.82) is 5.26 Å². The highest BCUT2D eigenvalue weighted by molar-refractivity contribution is 7.99. The summed E-state index contributed by atoms with van der Waals surface area (Å²) >= 11 is 1.23. The third kappa shape index (κ3) is 4.53. The van der Waals surface area contributed by atoms with Gasteiger partial charge in [-0.15, -0.1) is 10.2 Å². The molecule has 156 valence electrons. The lowest BCUT2D eigenvalue weighted by atomic mass is 10.2. The Hall–Kier alpha value is -3.16. The Morgan fingerprint density at radius 3 is 2.90 bits per heavy atom. The van der Waals surface area contributed by atoms with Crippen LogP contribution in [0.2, 0.25) is 0 Å². The van der Waals surface area contributed by atoms with Crippen LogP contribution < -0.4 is 5.32 Å². The number of benzene rings is 1. The maximum atomic E-state index is 13.8. The molecule has 3 rings (SSSR count). The van der Waals surface area contributed by atoms with Gasteiger partial charge < -0.3 is 14.6 Å². The van der Waals surface area contributed by atoms with Crippen LogP contribution >= 0.6 is 11.8 Å². The van der Waals surface area contributed by atoms with E-state index in [9.17, 15) is 14.4 Å². The summed E-state index contributed by atoms with van der Waals surface area (Å²) in [5.74, 6) is -0.319. The number of carbonyl (C=O) groups is 1. The number of rotatable bonds is 8. The molecule has 3 aromatic rings. The zero-order valence-corrected chi connectivity index (χ0v) is 17.7. The van der Waals surface area contributed by atoms with E-state index in [1.54, 1.807) is 41.6 Å². The molecule has 2 aromatic heterocycles. The summed E-state index contributed by atoms with van der Waals surface area (Å²) in [6, 6.07) is 8.14. The molecular weight excluding hydrogens is 407 g/mol. The van der Waals surface area contributed by atoms with E-state index in [-0.39, 0.29) is 11.7 Å². The lowest BCUT2D eigenvalue weighted by Gasteiger charge is -2.13. The zero-order chi connectivity index (χ0) is 21.7. The number of nitrogens with zero attached hydrogens (tertiary/aromatic N) is 5. The van der Waals surface area contributed by atoms with E-state index in [0.29, 0.717) is 35.4 Å². The Balaban J connectivity index is 1.82. The number of carbonyl (C=O) groups excluding carboxylic acids is 1. The summed E-state index contributed by atoms with van der Waals surface area (Å²) in [5.41, 5.74) is 2.35. The lowest BCUT2D eigenvalue weighted by Crippen LogP contribution is -2.18. The molecule has 10 heteroatoms. The molecule has 1 aromatic carbocycles. The number of nitriles is 1. The van der Waals surface area contributed by atoms with Gasteiger partial charge in [-0.05, 0) is 37.6 Å². The fourth-order valence-electron chi connectivity index (χ4n) is 3.00. The largest absolute Gasteiger partial charge is 0.383 e. The first-order chi connectivity index (χ1) is 14.5. The molecular formula is C20H21FN6O2S. The fraction of sp³-hybridized carbons (Fsp3) is 0.300. The van der Waals surface area contributed by atoms with Crippen LogP contribution in [0.5, 0.6) is 0 Å². The second-order valence-corrected chi connectivity index (χ2v) is 7.44. The minimum atomic E-state index is -0.403. The van der Waals surface area contributed by atoms with Crippen LogP contribution in [-0.4, -0.2) is 44.7 Å². The maximum absolute atomic E-state index is 13.8. The number of aromatic nitrogens is 4. The van der Waals surface area contributed by atoms with E-state index in [1.807, 2.05) is 6.92 Å². The van der Waals surface area contributed by atoms with Gasteiger partial charge >= 0.3 is 0 Å². The lowest BCUT2D eigenvalue weighted by molar-refractivity contribution is -0.113. The van der Waals surface area contributed by atoms with E-state index in [4.69, 9.17) is 4.74 Å². The smallest absolute Gasteiger partial charge is 0.236 e. The molecule has 0 radical (unpaired) electrons. The molecule has 1 N–H and O–H groups in total. The number of hydrogen-bond donors (Lipinski definition) is 1. The van der Waals surface area contributed by atoms with E-state index in [0.717, 1.165) is 11.3 Å². The number of ether oxygens (including phenoxy) is 1. The first kappa shape index (κ1) is 21.5. The van der Waals surface area contributed by atoms with Gasteiger partial charge in [-0.2, -0.15) is 5.26 Å². The van der Waals surface area contributed by atoms with Crippen LogP contribution in [0.15, 0.2) is 35.7 Å². The minimum Gasteiger partial charge on any atom is -0.383 e. The topological polar surface area (TPSA) is 97.8 Å². The van der Waals surface area contributed by atoms with Gasteiger partial charge in [-0.1, -0.05) is 17.8 Å². The van der Waals surface area contributed by atoms with Crippen LogP contribution in [0.1, 0.15) is 16.8 Å². The van der Waals surface area contributed by atoms with Crippen molar-refractivity contribution < 1.29 is 13.9 Å². The number of anilines is 1. The van der Waals surface area contributed by atoms with Crippen molar-refractivity contribution in [2.45, 2.75) is 25.5 Å². The van der Waals surface area contributed by atoms with E-state index < -0.39 is 5.82 Å². The van der Waals surface area contributed by atoms with E-state index in [2.05, 4.69) is 21.6 Å². The molecule has 2 heterocycles. The molecule has 8 nitrogen and oxygen atoms in total. The van der Waals surface area contributed by atoms with E-state index in [1.165, 1.54) is 23.9 Å². The molecule has 0 bridgehead atoms. The van der Waals surface area contributed by atoms with Gasteiger partial charge in [0.05, 0.1) is 23.6 Å². The average molecular weight is 428 g/mol. The van der Waals surface area contributed by atoms with Crippen molar-refractivity contribution in [1.82, 2.24) is 19.3 Å². The Labute approximate surface area is 177 Å². The predicted octanol–water partition coefficient (Wildman–Crippen LogP) is 3.07. The second kappa shape index (κ2) is 9.56. The van der Waals surface area contributed by atoms with Gasteiger partial charge in [0.15, 0.2) is 5.16 Å². The van der Waals surface area contributed by atoms with Gasteiger partial charge in [0.1, 0.15) is 24.0 Å². The number of halogens is 1. The third-order valence-electron chi connectivity index (χ3n) is 4.60. The third-order valence-corrected chi connectivity index (χ3v) is 5.58. The van der Waals surface area contributed by atoms with E-state index >= 15 is 0 Å². The quantitative estimate of drug-likeness (QED) is 0.554. The van der Waals surface area contributed by atoms with Gasteiger partial charge in [0.2, 0.25) is 5.91 Å². The van der Waals surface area contributed by atoms with Crippen molar-refractivity contribution >= 4 is 23.5 Å². The van der Waals surface area contributed by atoms with Gasteiger partial charge in [0, 0.05) is 19.3 Å². The molecule has 0 spiro atoms. The summed E-state index contributed by atoms with van der Waals surface area (Å²) in [6.07, 6.45) is 1.58. The molecule has 0 saturated heterocycles. The molecule has 0 aliphatic rings. The highest BCUT2D eigenvalue weighted by Crippen LogP contribution is 2.30. The summed E-state index contributed by atoms with van der Waals surface area (Å²) in [4.78, 5) is 12.7. The Morgan fingerprint density at radius 1 is 1.40 bits per heavy atom. The molecule has 0 saturated carbocycles. The van der Waals surface area contributed by atoms with Gasteiger partial charge in [-0.25, -0.2) is 4.39 Å². The molecule has 0 aliphatic heterocycles. The normalized spacial score (nSPS) is 10.8. The van der Waals surface area contributed by atoms with Crippen LogP contribution in [0, 0.1) is 31.0 Å². The summed E-state index contributed by atoms with van der Waals surface area (Å²) in [5, 5.41) is 20.9. The first-order valence-corrected chi connectivity index (χ1v) is 10.1. The zero-order valence-electron chi connectivity index (χ0n) is 16.8. The maximum Gasteiger partial charge on any atom is 0.236 e. The summed E-state index contributed by atoms with van der Waals surface area (Å²) in [7, 11) is 1.61. The first-order valence-electron chi connectivity index (χ1n) is 9.13. The van der Waals surface area contributed by atoms with Crippen LogP contribution in [0.3, 0.4) is 0 Å². The minimum absolute atomic E-state index is 0.0724. The highest BCUT2D eigenvalue weighted by atomic mass is 32.2. The molecule has 0 atom stereocenters. The Morgan fingerprint density at radius 2 is 2.20 bits per heavy atom. The predicted molar refractivity (Wildman–Crippen MR) is 111 cm³/mol. The number of hydrogen-bond acceptors (Lipinski definition) is 6. The van der Waals surface area contributed by atoms with Gasteiger partial charge in [-0.3, -0.25) is 9.36 Å². The number of amides is 1. The van der Waals surface area contributed by atoms with Crippen LogP contribution in [0.25, 0.3) is 5.69 Å². The number of nitrogens with one attached hydrogen (secondary N) is 1. The standard InChI is InChI=1S/C20H21FN6O2S/c1-13-14(2)27(16-6-4-5-15(21)9-16)19(17(13)10-22)24-18(28)11-30-20-25-23-12-26(20)7-8-29-3/h4-6,9,12H,7-8,11H2,1-3H3,(H,24,28). The average Bonchev–Trinajstić information content (AvgIpc) is 3.27. The SMILES string of the molecule is COCCn1cnnc1SCC(=O)Nc1c(C#N)c(C)c(C)n1-c1cccc(F)c1. The molecule has 0 aliphatic carbocycles. The van der Waals surface area contributed by atoms with Crippen molar-refractivity contribution in [2.75, 3.05) is 24.8 Å².